The van der Waals surface area contributed by atoms with Crippen LogP contribution < -0.4 is 4.74 Å². The van der Waals surface area contributed by atoms with Gasteiger partial charge >= 0.3 is 0 Å². The molecule has 0 saturated carbocycles. The highest BCUT2D eigenvalue weighted by Crippen LogP contribution is 2.33. The predicted molar refractivity (Wildman–Crippen MR) is 120 cm³/mol. The second kappa shape index (κ2) is 8.68. The molecular weight excluding hydrogens is 402 g/mol. The summed E-state index contributed by atoms with van der Waals surface area (Å²) in [7, 11) is 0. The molecule has 1 saturated heterocycles. The van der Waals surface area contributed by atoms with Gasteiger partial charge in [0.2, 0.25) is 0 Å². The van der Waals surface area contributed by atoms with Gasteiger partial charge in [0.25, 0.3) is 5.91 Å². The third-order valence-corrected chi connectivity index (χ3v) is 5.85. The molecule has 0 atom stereocenters. The molecular formula is C23H19NO3S2. The second-order valence-electron chi connectivity index (χ2n) is 6.43. The number of benzene rings is 2. The molecule has 2 heterocycles. The summed E-state index contributed by atoms with van der Waals surface area (Å²) in [5, 5.41) is 0. The molecule has 4 nitrogen and oxygen atoms in total. The van der Waals surface area contributed by atoms with Crippen molar-refractivity contribution >= 4 is 40.3 Å². The Kier molecular flexibility index (Phi) is 5.83. The third kappa shape index (κ3) is 4.44. The summed E-state index contributed by atoms with van der Waals surface area (Å²) < 4.78 is 12.3. The van der Waals surface area contributed by atoms with Gasteiger partial charge in [-0.1, -0.05) is 54.3 Å². The smallest absolute Gasteiger partial charge is 0.266 e. The number of carbonyl (C=O) groups is 1. The van der Waals surface area contributed by atoms with Crippen LogP contribution in [0.3, 0.4) is 0 Å². The predicted octanol–water partition coefficient (Wildman–Crippen LogP) is 5.75. The van der Waals surface area contributed by atoms with Gasteiger partial charge in [-0.25, -0.2) is 0 Å². The lowest BCUT2D eigenvalue weighted by Gasteiger charge is -2.09. The van der Waals surface area contributed by atoms with Gasteiger partial charge in [0, 0.05) is 18.2 Å². The Labute approximate surface area is 179 Å². The van der Waals surface area contributed by atoms with Gasteiger partial charge in [-0.05, 0) is 48.9 Å². The maximum atomic E-state index is 12.3. The lowest BCUT2D eigenvalue weighted by molar-refractivity contribution is -0.121. The summed E-state index contributed by atoms with van der Waals surface area (Å²) >= 11 is 6.55. The lowest BCUT2D eigenvalue weighted by atomic mass is 10.1. The second-order valence-corrected chi connectivity index (χ2v) is 8.10. The van der Waals surface area contributed by atoms with E-state index in [1.807, 2.05) is 73.7 Å². The number of thiocarbonyl (C=S) groups is 1. The number of hydrogen-bond acceptors (Lipinski definition) is 5. The highest BCUT2D eigenvalue weighted by molar-refractivity contribution is 8.26. The fourth-order valence-corrected chi connectivity index (χ4v) is 4.31. The molecule has 1 amide bonds. The zero-order chi connectivity index (χ0) is 20.2. The molecule has 1 aromatic heterocycles. The van der Waals surface area contributed by atoms with E-state index in [0.29, 0.717) is 28.1 Å². The van der Waals surface area contributed by atoms with E-state index in [-0.39, 0.29) is 5.91 Å². The van der Waals surface area contributed by atoms with Crippen LogP contribution in [0.25, 0.3) is 17.4 Å². The molecule has 1 aliphatic rings. The zero-order valence-corrected chi connectivity index (χ0v) is 17.5. The molecule has 0 aliphatic carbocycles. The van der Waals surface area contributed by atoms with Crippen molar-refractivity contribution < 1.29 is 13.9 Å². The Bertz CT molecular complexity index is 1060. The van der Waals surface area contributed by atoms with E-state index in [4.69, 9.17) is 21.4 Å². The highest BCUT2D eigenvalue weighted by atomic mass is 32.2. The number of rotatable bonds is 6. The van der Waals surface area contributed by atoms with Crippen molar-refractivity contribution in [1.29, 1.82) is 0 Å². The van der Waals surface area contributed by atoms with Crippen molar-refractivity contribution in [3.8, 4) is 17.1 Å². The van der Waals surface area contributed by atoms with E-state index in [1.165, 1.54) is 11.8 Å². The summed E-state index contributed by atoms with van der Waals surface area (Å²) in [6.07, 6.45) is 1.75. The maximum Gasteiger partial charge on any atom is 0.266 e. The quantitative estimate of drug-likeness (QED) is 0.375. The van der Waals surface area contributed by atoms with Crippen LogP contribution in [0.2, 0.25) is 0 Å². The van der Waals surface area contributed by atoms with Crippen LogP contribution in [0, 0.1) is 0 Å². The number of ether oxygens (including phenoxy) is 1. The molecule has 29 heavy (non-hydrogen) atoms. The van der Waals surface area contributed by atoms with Gasteiger partial charge in [-0.15, -0.1) is 0 Å². The Balaban J connectivity index is 1.44. The monoisotopic (exact) mass is 421 g/mol. The first-order chi connectivity index (χ1) is 14.1. The van der Waals surface area contributed by atoms with E-state index in [9.17, 15) is 4.79 Å². The average molecular weight is 422 g/mol. The summed E-state index contributed by atoms with van der Waals surface area (Å²) in [5.41, 5.74) is 2.07. The first-order valence-corrected chi connectivity index (χ1v) is 10.5. The topological polar surface area (TPSA) is 42.7 Å². The number of amides is 1. The molecule has 0 spiro atoms. The minimum Gasteiger partial charge on any atom is -0.489 e. The van der Waals surface area contributed by atoms with Gasteiger partial charge < -0.3 is 9.15 Å². The van der Waals surface area contributed by atoms with Crippen molar-refractivity contribution in [3.05, 3.63) is 83.0 Å². The van der Waals surface area contributed by atoms with Crippen LogP contribution >= 0.6 is 24.0 Å². The molecule has 6 heteroatoms. The summed E-state index contributed by atoms with van der Waals surface area (Å²) in [5.74, 6) is 2.09. The molecule has 0 unspecified atom stereocenters. The first kappa shape index (κ1) is 19.5. The van der Waals surface area contributed by atoms with Crippen LogP contribution in [-0.4, -0.2) is 21.7 Å². The van der Waals surface area contributed by atoms with Crippen LogP contribution in [0.5, 0.6) is 5.75 Å². The largest absolute Gasteiger partial charge is 0.489 e. The minimum absolute atomic E-state index is 0.0691. The van der Waals surface area contributed by atoms with Crippen LogP contribution in [0.4, 0.5) is 0 Å². The Morgan fingerprint density at radius 2 is 1.83 bits per heavy atom. The Hall–Kier alpha value is -2.83. The van der Waals surface area contributed by atoms with E-state index in [2.05, 4.69) is 0 Å². The average Bonchev–Trinajstić information content (AvgIpc) is 3.32. The number of likely N-dealkylation sites (N-methyl/N-ethyl adjacent to an activating group) is 1. The van der Waals surface area contributed by atoms with Crippen molar-refractivity contribution in [3.63, 3.8) is 0 Å². The normalized spacial score (nSPS) is 15.3. The van der Waals surface area contributed by atoms with Gasteiger partial charge in [-0.3, -0.25) is 9.69 Å². The molecule has 0 radical (unpaired) electrons. The van der Waals surface area contributed by atoms with Gasteiger partial charge in [0.1, 0.15) is 28.2 Å². The summed E-state index contributed by atoms with van der Waals surface area (Å²) in [6.45, 7) is 3.01. The SMILES string of the molecule is CCN1C(=O)C(=Cc2ccc(-c3ccc(OCc4ccccc4)cc3)o2)SC1=S. The minimum atomic E-state index is -0.0691. The Morgan fingerprint density at radius 1 is 1.07 bits per heavy atom. The van der Waals surface area contributed by atoms with Crippen LogP contribution in [0.1, 0.15) is 18.2 Å². The number of carbonyl (C=O) groups excluding carboxylic acids is 1. The number of thioether (sulfide) groups is 1. The number of furan rings is 1. The number of nitrogens with zero attached hydrogens (tertiary/aromatic N) is 1. The highest BCUT2D eigenvalue weighted by Gasteiger charge is 2.30. The van der Waals surface area contributed by atoms with Crippen molar-refractivity contribution in [2.45, 2.75) is 13.5 Å². The molecule has 4 rings (SSSR count). The van der Waals surface area contributed by atoms with Crippen LogP contribution in [0.15, 0.2) is 76.1 Å². The third-order valence-electron chi connectivity index (χ3n) is 4.48. The van der Waals surface area contributed by atoms with Crippen molar-refractivity contribution in [2.24, 2.45) is 0 Å². The zero-order valence-electron chi connectivity index (χ0n) is 15.8. The molecule has 0 N–H and O–H groups in total. The number of hydrogen-bond donors (Lipinski definition) is 0. The summed E-state index contributed by atoms with van der Waals surface area (Å²) in [4.78, 5) is 14.5. The molecule has 1 fully saturated rings. The van der Waals surface area contributed by atoms with Crippen molar-refractivity contribution in [1.82, 2.24) is 4.90 Å². The molecule has 2 aromatic carbocycles. The van der Waals surface area contributed by atoms with Crippen molar-refractivity contribution in [2.75, 3.05) is 6.54 Å². The molecule has 0 bridgehead atoms. The Morgan fingerprint density at radius 3 is 2.52 bits per heavy atom. The fraction of sp³-hybridized carbons (Fsp3) is 0.130. The van der Waals surface area contributed by atoms with E-state index >= 15 is 0 Å². The van der Waals surface area contributed by atoms with E-state index < -0.39 is 0 Å². The molecule has 146 valence electrons. The standard InChI is InChI=1S/C23H19NO3S2/c1-2-24-22(25)21(29-23(24)28)14-19-12-13-20(27-19)17-8-10-18(11-9-17)26-15-16-6-4-3-5-7-16/h3-14H,2,15H2,1H3. The molecule has 1 aliphatic heterocycles. The lowest BCUT2D eigenvalue weighted by Crippen LogP contribution is -2.27. The first-order valence-electron chi connectivity index (χ1n) is 9.26. The van der Waals surface area contributed by atoms with E-state index in [0.717, 1.165) is 22.6 Å². The molecule has 3 aromatic rings. The summed E-state index contributed by atoms with van der Waals surface area (Å²) in [6, 6.07) is 21.6. The maximum absolute atomic E-state index is 12.3. The fourth-order valence-electron chi connectivity index (χ4n) is 2.94. The van der Waals surface area contributed by atoms with E-state index in [1.54, 1.807) is 11.0 Å². The van der Waals surface area contributed by atoms with Gasteiger partial charge in [-0.2, -0.15) is 0 Å². The van der Waals surface area contributed by atoms with Crippen LogP contribution in [-0.2, 0) is 11.4 Å². The van der Waals surface area contributed by atoms with Gasteiger partial charge in [0.05, 0.1) is 4.91 Å². The van der Waals surface area contributed by atoms with Gasteiger partial charge in [0.15, 0.2) is 0 Å².